The predicted molar refractivity (Wildman–Crippen MR) is 113 cm³/mol. The first-order valence-electron chi connectivity index (χ1n) is 8.83. The molecule has 0 atom stereocenters. The van der Waals surface area contributed by atoms with Crippen LogP contribution in [0.25, 0.3) is 5.57 Å². The molecule has 0 aromatic heterocycles. The van der Waals surface area contributed by atoms with E-state index < -0.39 is 13.9 Å². The number of hydrogen-bond donors (Lipinski definition) is 0. The summed E-state index contributed by atoms with van der Waals surface area (Å²) >= 11 is 0. The molecule has 3 heteroatoms. The van der Waals surface area contributed by atoms with Crippen LogP contribution in [0.15, 0.2) is 96.6 Å². The Morgan fingerprint density at radius 1 is 0.852 bits per heavy atom. The van der Waals surface area contributed by atoms with Gasteiger partial charge in [0.1, 0.15) is 0 Å². The fourth-order valence-electron chi connectivity index (χ4n) is 3.01. The summed E-state index contributed by atoms with van der Waals surface area (Å²) in [7, 11) is 0.824. The van der Waals surface area contributed by atoms with Gasteiger partial charge in [0.25, 0.3) is 0 Å². The molecule has 0 aliphatic heterocycles. The summed E-state index contributed by atoms with van der Waals surface area (Å²) in [4.78, 5) is 0. The number of benzene rings is 3. The molecule has 0 N–H and O–H groups in total. The van der Waals surface area contributed by atoms with Gasteiger partial charge in [-0.05, 0) is 42.3 Å². The van der Waals surface area contributed by atoms with Gasteiger partial charge in [-0.25, -0.2) is 5.11 Å². The van der Waals surface area contributed by atoms with E-state index in [0.29, 0.717) is 0 Å². The van der Waals surface area contributed by atoms with Gasteiger partial charge in [-0.2, -0.15) is 0 Å². The van der Waals surface area contributed by atoms with Gasteiger partial charge in [0, 0.05) is 11.7 Å². The molecule has 3 aromatic carbocycles. The summed E-state index contributed by atoms with van der Waals surface area (Å²) in [6, 6.07) is 29.5. The third kappa shape index (κ3) is 4.89. The van der Waals surface area contributed by atoms with Gasteiger partial charge < -0.3 is 4.74 Å². The van der Waals surface area contributed by atoms with Crippen LogP contribution < -0.4 is 10.6 Å². The van der Waals surface area contributed by atoms with Crippen LogP contribution in [0, 0.1) is 0 Å². The van der Waals surface area contributed by atoms with Crippen molar-refractivity contribution < 1.29 is 9.84 Å². The molecule has 135 valence electrons. The molecule has 0 spiro atoms. The highest BCUT2D eigenvalue weighted by Crippen LogP contribution is 2.39. The van der Waals surface area contributed by atoms with Crippen LogP contribution in [0.5, 0.6) is 0 Å². The van der Waals surface area contributed by atoms with Crippen molar-refractivity contribution >= 4 is 24.1 Å². The van der Waals surface area contributed by atoms with Gasteiger partial charge in [-0.1, -0.05) is 84.9 Å². The maximum atomic E-state index is 11.6. The summed E-state index contributed by atoms with van der Waals surface area (Å²) < 4.78 is 4.74. The number of allylic oxidation sites excluding steroid dienone is 1. The lowest BCUT2D eigenvalue weighted by Gasteiger charge is -2.20. The van der Waals surface area contributed by atoms with E-state index >= 15 is 0 Å². The Morgan fingerprint density at radius 2 is 1.37 bits per heavy atom. The molecule has 0 aliphatic rings. The van der Waals surface area contributed by atoms with E-state index in [2.05, 4.69) is 60.3 Å². The summed E-state index contributed by atoms with van der Waals surface area (Å²) in [5.41, 5.74) is 5.86. The molecule has 0 heterocycles. The minimum Gasteiger partial charge on any atom is -0.460 e. The maximum Gasteiger partial charge on any atom is 0.376 e. The van der Waals surface area contributed by atoms with Crippen molar-refractivity contribution in [2.75, 3.05) is 7.11 Å². The minimum atomic E-state index is -0.549. The summed E-state index contributed by atoms with van der Waals surface area (Å²) in [6.45, 7) is 1.91. The van der Waals surface area contributed by atoms with Crippen LogP contribution >= 0.6 is 7.92 Å². The van der Waals surface area contributed by atoms with E-state index in [1.165, 1.54) is 23.3 Å². The van der Waals surface area contributed by atoms with Crippen molar-refractivity contribution in [3.05, 3.63) is 108 Å². The van der Waals surface area contributed by atoms with Crippen LogP contribution in [0.4, 0.5) is 0 Å². The molecule has 0 saturated carbocycles. The third-order valence-corrected chi connectivity index (χ3v) is 6.86. The van der Waals surface area contributed by atoms with E-state index in [4.69, 9.17) is 4.74 Å². The average molecular weight is 373 g/mol. The Labute approximate surface area is 162 Å². The summed E-state index contributed by atoms with van der Waals surface area (Å²) in [6.07, 6.45) is 0.903. The molecule has 27 heavy (non-hydrogen) atoms. The third-order valence-electron chi connectivity index (χ3n) is 4.36. The van der Waals surface area contributed by atoms with Crippen LogP contribution in [0.1, 0.15) is 18.1 Å². The highest BCUT2D eigenvalue weighted by atomic mass is 31.1. The zero-order valence-corrected chi connectivity index (χ0v) is 16.4. The normalized spacial score (nSPS) is 10.3. The first kappa shape index (κ1) is 19.0. The number of hydrogen-bond acceptors (Lipinski definition) is 1. The Morgan fingerprint density at radius 3 is 1.93 bits per heavy atom. The predicted octanol–water partition coefficient (Wildman–Crippen LogP) is 5.24. The highest BCUT2D eigenvalue weighted by molar-refractivity contribution is 7.72. The molecular weight excluding hydrogens is 351 g/mol. The SMILES string of the molecule is COC([O])=C=C(C)c1ccccc1CP(c1ccccc1)c1ccccc1. The van der Waals surface area contributed by atoms with E-state index in [1.807, 2.05) is 37.3 Å². The van der Waals surface area contributed by atoms with Gasteiger partial charge in [-0.15, -0.1) is 0 Å². The first-order valence-corrected chi connectivity index (χ1v) is 10.4. The van der Waals surface area contributed by atoms with Crippen LogP contribution in [-0.2, 0) is 16.0 Å². The first-order chi connectivity index (χ1) is 13.2. The van der Waals surface area contributed by atoms with Gasteiger partial charge in [0.15, 0.2) is 0 Å². The molecule has 0 fully saturated rings. The lowest BCUT2D eigenvalue weighted by Crippen LogP contribution is -2.13. The van der Waals surface area contributed by atoms with Crippen molar-refractivity contribution in [2.24, 2.45) is 0 Å². The fraction of sp³-hybridized carbons (Fsp3) is 0.125. The average Bonchev–Trinajstić information content (AvgIpc) is 2.73. The van der Waals surface area contributed by atoms with Gasteiger partial charge in [-0.3, -0.25) is 0 Å². The zero-order chi connectivity index (χ0) is 19.1. The van der Waals surface area contributed by atoms with Crippen LogP contribution in [-0.4, -0.2) is 7.11 Å². The van der Waals surface area contributed by atoms with E-state index in [1.54, 1.807) is 0 Å². The molecule has 0 unspecified atom stereocenters. The molecule has 0 amide bonds. The number of rotatable bonds is 6. The second-order valence-corrected chi connectivity index (χ2v) is 8.36. The summed E-state index contributed by atoms with van der Waals surface area (Å²) in [5, 5.41) is 14.3. The Bertz CT molecular complexity index is 903. The second-order valence-electron chi connectivity index (χ2n) is 6.16. The number of ether oxygens (including phenoxy) is 1. The van der Waals surface area contributed by atoms with Crippen LogP contribution in [0.3, 0.4) is 0 Å². The molecular formula is C24H22O2P. The Balaban J connectivity index is 2.05. The van der Waals surface area contributed by atoms with Crippen LogP contribution in [0.2, 0.25) is 0 Å². The minimum absolute atomic E-state index is 0.448. The Kier molecular flexibility index (Phi) is 6.49. The quantitative estimate of drug-likeness (QED) is 0.330. The zero-order valence-electron chi connectivity index (χ0n) is 15.6. The largest absolute Gasteiger partial charge is 0.460 e. The highest BCUT2D eigenvalue weighted by Gasteiger charge is 2.16. The maximum absolute atomic E-state index is 11.6. The van der Waals surface area contributed by atoms with Crippen molar-refractivity contribution in [1.29, 1.82) is 0 Å². The molecule has 0 bridgehead atoms. The second kappa shape index (κ2) is 9.24. The molecule has 3 rings (SSSR count). The van der Waals surface area contributed by atoms with Crippen molar-refractivity contribution in [3.63, 3.8) is 0 Å². The molecule has 0 saturated heterocycles. The fourth-order valence-corrected chi connectivity index (χ4v) is 5.36. The molecule has 3 aromatic rings. The van der Waals surface area contributed by atoms with E-state index in [-0.39, 0.29) is 0 Å². The van der Waals surface area contributed by atoms with Crippen molar-refractivity contribution in [2.45, 2.75) is 13.1 Å². The number of methoxy groups -OCH3 is 1. The van der Waals surface area contributed by atoms with E-state index in [0.717, 1.165) is 17.3 Å². The molecule has 1 radical (unpaired) electrons. The van der Waals surface area contributed by atoms with Crippen molar-refractivity contribution in [1.82, 2.24) is 0 Å². The Hall–Kier alpha value is -2.79. The van der Waals surface area contributed by atoms with Crippen molar-refractivity contribution in [3.8, 4) is 0 Å². The molecule has 2 nitrogen and oxygen atoms in total. The molecule has 0 aliphatic carbocycles. The van der Waals surface area contributed by atoms with Gasteiger partial charge in [0.05, 0.1) is 7.11 Å². The lowest BCUT2D eigenvalue weighted by molar-refractivity contribution is 0.0879. The lowest BCUT2D eigenvalue weighted by atomic mass is 10.0. The standard InChI is InChI=1S/C24H22O2P/c1-19(17-24(25)26-2)23-16-10-9-11-20(23)18-27(21-12-5-3-6-13-21)22-14-7-4-8-15-22/h3-16H,18H2,1-2H3. The van der Waals surface area contributed by atoms with Gasteiger partial charge >= 0.3 is 5.95 Å². The smallest absolute Gasteiger partial charge is 0.376 e. The topological polar surface area (TPSA) is 29.1 Å². The monoisotopic (exact) mass is 373 g/mol. The van der Waals surface area contributed by atoms with E-state index in [9.17, 15) is 5.11 Å². The summed E-state index contributed by atoms with van der Waals surface area (Å²) in [5.74, 6) is -0.448. The van der Waals surface area contributed by atoms with Gasteiger partial charge in [0.2, 0.25) is 0 Å².